The molecule has 0 amide bonds. The number of hydrogen-bond donors (Lipinski definition) is 2. The minimum absolute atomic E-state index is 0.0251. The lowest BCUT2D eigenvalue weighted by Gasteiger charge is -2.23. The molecule has 2 aromatic carbocycles. The molecule has 0 spiro atoms. The molecule has 0 bridgehead atoms. The Hall–Kier alpha value is -3.93. The zero-order chi connectivity index (χ0) is 28.1. The van der Waals surface area contributed by atoms with Crippen LogP contribution in [0.3, 0.4) is 0 Å². The maximum Gasteiger partial charge on any atom is 0.264 e. The van der Waals surface area contributed by atoms with Crippen molar-refractivity contribution in [1.82, 2.24) is 14.8 Å². The van der Waals surface area contributed by atoms with E-state index in [0.717, 1.165) is 23.8 Å². The van der Waals surface area contributed by atoms with E-state index in [1.54, 1.807) is 10.9 Å². The van der Waals surface area contributed by atoms with Crippen LogP contribution in [0.2, 0.25) is 0 Å². The highest BCUT2D eigenvalue weighted by Gasteiger charge is 2.29. The number of nitrogens with one attached hydrogen (secondary N) is 1. The number of halogens is 3. The molecule has 0 atom stereocenters. The summed E-state index contributed by atoms with van der Waals surface area (Å²) in [5, 5.41) is 4.93. The fourth-order valence-corrected chi connectivity index (χ4v) is 6.14. The third-order valence-corrected chi connectivity index (χ3v) is 8.34. The molecule has 0 saturated heterocycles. The predicted octanol–water partition coefficient (Wildman–Crippen LogP) is 5.71. The van der Waals surface area contributed by atoms with Crippen molar-refractivity contribution in [3.8, 4) is 11.3 Å². The molecular weight excluding hydrogens is 531 g/mol. The van der Waals surface area contributed by atoms with Gasteiger partial charge in [-0.3, -0.25) is 14.2 Å². The number of benzene rings is 2. The Kier molecular flexibility index (Phi) is 6.83. The zero-order valence-corrected chi connectivity index (χ0v) is 22.0. The normalized spacial score (nSPS) is 14.9. The summed E-state index contributed by atoms with van der Waals surface area (Å²) < 4.78 is 73.7. The Morgan fingerprint density at radius 3 is 2.41 bits per heavy atom. The second-order valence-corrected chi connectivity index (χ2v) is 11.5. The van der Waals surface area contributed by atoms with E-state index in [2.05, 4.69) is 10.1 Å². The smallest absolute Gasteiger partial charge is 0.264 e. The number of pyridine rings is 1. The Labute approximate surface area is 223 Å². The number of sulfonamides is 1. The minimum atomic E-state index is -4.54. The van der Waals surface area contributed by atoms with Crippen LogP contribution in [0.1, 0.15) is 57.1 Å². The van der Waals surface area contributed by atoms with Crippen LogP contribution in [0.25, 0.3) is 22.2 Å². The number of fused-ring (bicyclic) bond motifs is 1. The van der Waals surface area contributed by atoms with Gasteiger partial charge in [-0.1, -0.05) is 12.1 Å². The van der Waals surface area contributed by atoms with Crippen molar-refractivity contribution < 1.29 is 26.4 Å². The van der Waals surface area contributed by atoms with Gasteiger partial charge in [0.1, 0.15) is 39.6 Å². The minimum Gasteiger partial charge on any atom is -0.383 e. The molecule has 39 heavy (non-hydrogen) atoms. The number of Topliss-reactive ketones (excluding diaryl/α,β-unsaturated/α-hetero) is 1. The number of ketones is 1. The molecule has 0 unspecified atom stereocenters. The first kappa shape index (κ1) is 26.7. The monoisotopic (exact) mass is 557 g/mol. The molecule has 4 aromatic rings. The van der Waals surface area contributed by atoms with Gasteiger partial charge in [-0.25, -0.2) is 26.6 Å². The molecule has 5 rings (SSSR count). The number of aromatic nitrogens is 3. The second kappa shape index (κ2) is 9.99. The summed E-state index contributed by atoms with van der Waals surface area (Å²) in [6, 6.07) is 5.92. The molecule has 12 heteroatoms. The number of carbonyl (C=O) groups excluding carboxylic acids is 1. The Morgan fingerprint density at radius 2 is 1.74 bits per heavy atom. The summed E-state index contributed by atoms with van der Waals surface area (Å²) in [7, 11) is -4.54. The molecule has 1 saturated carbocycles. The highest BCUT2D eigenvalue weighted by molar-refractivity contribution is 7.92. The molecule has 2 aromatic heterocycles. The average Bonchev–Trinajstić information content (AvgIpc) is 3.29. The zero-order valence-electron chi connectivity index (χ0n) is 21.2. The molecule has 3 N–H and O–H groups in total. The van der Waals surface area contributed by atoms with Gasteiger partial charge < -0.3 is 5.73 Å². The van der Waals surface area contributed by atoms with Gasteiger partial charge in [0.2, 0.25) is 0 Å². The Balaban J connectivity index is 1.62. The maximum atomic E-state index is 15.5. The van der Waals surface area contributed by atoms with E-state index >= 15 is 8.78 Å². The Morgan fingerprint density at radius 1 is 1.05 bits per heavy atom. The summed E-state index contributed by atoms with van der Waals surface area (Å²) in [5.74, 6) is -2.79. The first-order chi connectivity index (χ1) is 18.5. The lowest BCUT2D eigenvalue weighted by atomic mass is 9.83. The largest absolute Gasteiger partial charge is 0.383 e. The number of rotatable bonds is 6. The summed E-state index contributed by atoms with van der Waals surface area (Å²) >= 11 is 0. The van der Waals surface area contributed by atoms with Crippen LogP contribution in [-0.2, 0) is 14.8 Å². The van der Waals surface area contributed by atoms with E-state index in [0.29, 0.717) is 42.7 Å². The summed E-state index contributed by atoms with van der Waals surface area (Å²) in [4.78, 5) is 15.4. The van der Waals surface area contributed by atoms with Crippen molar-refractivity contribution in [2.45, 2.75) is 56.4 Å². The quantitative estimate of drug-likeness (QED) is 0.314. The number of nitrogen functional groups attached to an aromatic ring is 1. The van der Waals surface area contributed by atoms with E-state index in [1.807, 2.05) is 18.6 Å². The summed E-state index contributed by atoms with van der Waals surface area (Å²) in [5.41, 5.74) is 6.83. The number of anilines is 2. The van der Waals surface area contributed by atoms with Gasteiger partial charge >= 0.3 is 0 Å². The van der Waals surface area contributed by atoms with Crippen molar-refractivity contribution in [2.24, 2.45) is 0 Å². The third kappa shape index (κ3) is 4.84. The van der Waals surface area contributed by atoms with Crippen molar-refractivity contribution in [3.05, 3.63) is 65.6 Å². The van der Waals surface area contributed by atoms with E-state index < -0.39 is 38.1 Å². The second-order valence-electron chi connectivity index (χ2n) is 9.87. The molecule has 1 aliphatic rings. The highest BCUT2D eigenvalue weighted by Crippen LogP contribution is 2.42. The summed E-state index contributed by atoms with van der Waals surface area (Å²) in [6.45, 7) is 3.77. The number of carbonyl (C=O) groups is 1. The summed E-state index contributed by atoms with van der Waals surface area (Å²) in [6.07, 6.45) is 3.82. The standard InChI is InChI=1S/C27H26F3N5O3S/c1-14(2)35-26-18(15-7-9-16(36)10-8-15)13-32-27(31)24(26)25(33-35)17-11-21(30)22(12-20(17)29)34-39(37,38)23-6-4-3-5-19(23)28/h3-6,11-15,34H,7-10H2,1-2H3,(H2,31,32). The van der Waals surface area contributed by atoms with E-state index in [4.69, 9.17) is 5.73 Å². The fraction of sp³-hybridized carbons (Fsp3) is 0.296. The van der Waals surface area contributed by atoms with Crippen molar-refractivity contribution in [2.75, 3.05) is 10.5 Å². The topological polar surface area (TPSA) is 120 Å². The van der Waals surface area contributed by atoms with Crippen molar-refractivity contribution in [3.63, 3.8) is 0 Å². The number of nitrogens with zero attached hydrogens (tertiary/aromatic N) is 3. The Bertz CT molecular complexity index is 1710. The van der Waals surface area contributed by atoms with Crippen molar-refractivity contribution in [1.29, 1.82) is 0 Å². The lowest BCUT2D eigenvalue weighted by molar-refractivity contribution is -0.120. The lowest BCUT2D eigenvalue weighted by Crippen LogP contribution is -2.15. The number of hydrogen-bond acceptors (Lipinski definition) is 6. The maximum absolute atomic E-state index is 15.5. The third-order valence-electron chi connectivity index (χ3n) is 6.94. The van der Waals surface area contributed by atoms with E-state index in [9.17, 15) is 17.6 Å². The van der Waals surface area contributed by atoms with E-state index in [1.165, 1.54) is 12.1 Å². The van der Waals surface area contributed by atoms with Gasteiger partial charge in [-0.05, 0) is 56.4 Å². The highest BCUT2D eigenvalue weighted by atomic mass is 32.2. The van der Waals surface area contributed by atoms with Crippen LogP contribution >= 0.6 is 0 Å². The predicted molar refractivity (Wildman–Crippen MR) is 141 cm³/mol. The molecule has 0 aliphatic heterocycles. The van der Waals surface area contributed by atoms with Crippen LogP contribution in [0.4, 0.5) is 24.7 Å². The fourth-order valence-electron chi connectivity index (χ4n) is 5.00. The van der Waals surface area contributed by atoms with Gasteiger partial charge in [0.05, 0.1) is 16.6 Å². The molecule has 2 heterocycles. The van der Waals surface area contributed by atoms with Gasteiger partial charge in [0, 0.05) is 36.7 Å². The molecule has 1 fully saturated rings. The molecule has 204 valence electrons. The molecule has 8 nitrogen and oxygen atoms in total. The van der Waals surface area contributed by atoms with Crippen molar-refractivity contribution >= 4 is 38.2 Å². The molecule has 1 aliphatic carbocycles. The number of nitrogens with two attached hydrogens (primary N) is 1. The SMILES string of the molecule is CC(C)n1nc(-c2cc(F)c(NS(=O)(=O)c3ccccc3F)cc2F)c2c(N)ncc(C3CCC(=O)CC3)c21. The van der Waals surface area contributed by atoms with Gasteiger partial charge in [-0.2, -0.15) is 5.10 Å². The van der Waals surface area contributed by atoms with E-state index in [-0.39, 0.29) is 34.8 Å². The average molecular weight is 558 g/mol. The van der Waals surface area contributed by atoms with Gasteiger partial charge in [-0.15, -0.1) is 0 Å². The first-order valence-corrected chi connectivity index (χ1v) is 13.9. The van der Waals surface area contributed by atoms with Crippen LogP contribution < -0.4 is 10.5 Å². The first-order valence-electron chi connectivity index (χ1n) is 12.4. The molecule has 0 radical (unpaired) electrons. The molecular formula is C27H26F3N5O3S. The van der Waals surface area contributed by atoms with Crippen LogP contribution in [0.15, 0.2) is 47.5 Å². The van der Waals surface area contributed by atoms with Crippen LogP contribution in [0, 0.1) is 17.5 Å². The van der Waals surface area contributed by atoms with Crippen LogP contribution in [-0.4, -0.2) is 29.0 Å². The van der Waals surface area contributed by atoms with Gasteiger partial charge in [0.25, 0.3) is 10.0 Å². The van der Waals surface area contributed by atoms with Crippen LogP contribution in [0.5, 0.6) is 0 Å². The van der Waals surface area contributed by atoms with Gasteiger partial charge in [0.15, 0.2) is 0 Å².